The Kier molecular flexibility index (Phi) is 3.97. The molecule has 0 bridgehead atoms. The molecule has 1 aliphatic rings. The first-order valence-corrected chi connectivity index (χ1v) is 6.22. The van der Waals surface area contributed by atoms with Gasteiger partial charge < -0.3 is 11.1 Å². The molecule has 1 saturated carbocycles. The molecule has 1 fully saturated rings. The van der Waals surface area contributed by atoms with Crippen LogP contribution in [0, 0.1) is 11.8 Å². The Morgan fingerprint density at radius 1 is 1.53 bits per heavy atom. The third kappa shape index (κ3) is 2.96. The van der Waals surface area contributed by atoms with E-state index in [4.69, 9.17) is 17.3 Å². The van der Waals surface area contributed by atoms with Gasteiger partial charge in [0.1, 0.15) is 11.0 Å². The van der Waals surface area contributed by atoms with Crippen molar-refractivity contribution in [3.05, 3.63) is 23.4 Å². The molecule has 17 heavy (non-hydrogen) atoms. The van der Waals surface area contributed by atoms with Crippen molar-refractivity contribution in [1.29, 1.82) is 0 Å². The van der Waals surface area contributed by atoms with Crippen LogP contribution in [0.4, 0.5) is 5.82 Å². The maximum absolute atomic E-state index is 12.0. The average molecular weight is 254 g/mol. The summed E-state index contributed by atoms with van der Waals surface area (Å²) in [5.74, 6) is 0.827. The highest BCUT2D eigenvalue weighted by Crippen LogP contribution is 2.31. The standard InChI is InChI=1S/C12H16ClN3O/c13-10-5-2-6-11(15-10)16-12(17)9-4-1-3-8(9)7-14/h2,5-6,8-9H,1,3-4,7,14H2,(H,15,16,17). The van der Waals surface area contributed by atoms with Gasteiger partial charge in [0.05, 0.1) is 0 Å². The van der Waals surface area contributed by atoms with Gasteiger partial charge in [0.2, 0.25) is 5.91 Å². The van der Waals surface area contributed by atoms with Gasteiger partial charge in [0, 0.05) is 5.92 Å². The summed E-state index contributed by atoms with van der Waals surface area (Å²) in [4.78, 5) is 16.1. The van der Waals surface area contributed by atoms with Gasteiger partial charge in [0.25, 0.3) is 0 Å². The molecule has 3 N–H and O–H groups in total. The highest BCUT2D eigenvalue weighted by molar-refractivity contribution is 6.29. The SMILES string of the molecule is NCC1CCCC1C(=O)Nc1cccc(Cl)n1. The predicted molar refractivity (Wildman–Crippen MR) is 67.8 cm³/mol. The van der Waals surface area contributed by atoms with E-state index in [-0.39, 0.29) is 11.8 Å². The number of hydrogen-bond acceptors (Lipinski definition) is 3. The second-order valence-electron chi connectivity index (χ2n) is 4.37. The maximum atomic E-state index is 12.0. The molecule has 2 unspecified atom stereocenters. The molecule has 1 aliphatic carbocycles. The number of nitrogens with one attached hydrogen (secondary N) is 1. The quantitative estimate of drug-likeness (QED) is 0.810. The molecule has 92 valence electrons. The molecular formula is C12H16ClN3O. The molecule has 2 atom stereocenters. The van der Waals surface area contributed by atoms with Crippen molar-refractivity contribution in [2.75, 3.05) is 11.9 Å². The second-order valence-corrected chi connectivity index (χ2v) is 4.76. The van der Waals surface area contributed by atoms with Gasteiger partial charge in [-0.05, 0) is 37.4 Å². The molecule has 0 saturated heterocycles. The molecule has 1 amide bonds. The number of carbonyl (C=O) groups excluding carboxylic acids is 1. The van der Waals surface area contributed by atoms with E-state index in [0.29, 0.717) is 23.4 Å². The number of nitrogens with two attached hydrogens (primary N) is 1. The van der Waals surface area contributed by atoms with Gasteiger partial charge in [0.15, 0.2) is 0 Å². The number of carbonyl (C=O) groups is 1. The van der Waals surface area contributed by atoms with Gasteiger partial charge in [-0.3, -0.25) is 4.79 Å². The van der Waals surface area contributed by atoms with Crippen molar-refractivity contribution in [2.45, 2.75) is 19.3 Å². The number of hydrogen-bond donors (Lipinski definition) is 2. The summed E-state index contributed by atoms with van der Waals surface area (Å²) in [5.41, 5.74) is 5.66. The van der Waals surface area contributed by atoms with E-state index in [2.05, 4.69) is 10.3 Å². The Labute approximate surface area is 106 Å². The van der Waals surface area contributed by atoms with Gasteiger partial charge in [-0.1, -0.05) is 24.1 Å². The van der Waals surface area contributed by atoms with Crippen LogP contribution in [0.3, 0.4) is 0 Å². The predicted octanol–water partition coefficient (Wildman–Crippen LogP) is 2.05. The number of halogens is 1. The van der Waals surface area contributed by atoms with Gasteiger partial charge in [-0.25, -0.2) is 4.98 Å². The van der Waals surface area contributed by atoms with E-state index in [0.717, 1.165) is 19.3 Å². The van der Waals surface area contributed by atoms with E-state index in [1.165, 1.54) is 0 Å². The highest BCUT2D eigenvalue weighted by Gasteiger charge is 2.31. The Morgan fingerprint density at radius 2 is 2.35 bits per heavy atom. The van der Waals surface area contributed by atoms with Crippen molar-refractivity contribution in [2.24, 2.45) is 17.6 Å². The molecule has 1 aromatic heterocycles. The summed E-state index contributed by atoms with van der Waals surface area (Å²) in [7, 11) is 0. The third-order valence-corrected chi connectivity index (χ3v) is 3.48. The fraction of sp³-hybridized carbons (Fsp3) is 0.500. The van der Waals surface area contributed by atoms with E-state index in [1.54, 1.807) is 18.2 Å². The summed E-state index contributed by atoms with van der Waals surface area (Å²) in [5, 5.41) is 3.18. The zero-order chi connectivity index (χ0) is 12.3. The molecule has 2 rings (SSSR count). The van der Waals surface area contributed by atoms with Crippen molar-refractivity contribution in [3.8, 4) is 0 Å². The molecule has 0 spiro atoms. The normalized spacial score (nSPS) is 23.6. The lowest BCUT2D eigenvalue weighted by atomic mass is 9.95. The minimum Gasteiger partial charge on any atom is -0.330 e. The van der Waals surface area contributed by atoms with E-state index in [1.807, 2.05) is 0 Å². The van der Waals surface area contributed by atoms with Crippen LogP contribution in [0.1, 0.15) is 19.3 Å². The number of rotatable bonds is 3. The Hall–Kier alpha value is -1.13. The number of pyridine rings is 1. The van der Waals surface area contributed by atoms with Crippen molar-refractivity contribution < 1.29 is 4.79 Å². The lowest BCUT2D eigenvalue weighted by Gasteiger charge is -2.16. The average Bonchev–Trinajstić information content (AvgIpc) is 2.77. The first-order valence-electron chi connectivity index (χ1n) is 5.84. The van der Waals surface area contributed by atoms with E-state index >= 15 is 0 Å². The molecule has 0 aromatic carbocycles. The maximum Gasteiger partial charge on any atom is 0.228 e. The largest absolute Gasteiger partial charge is 0.330 e. The minimum atomic E-state index is 0.00715. The van der Waals surface area contributed by atoms with E-state index < -0.39 is 0 Å². The lowest BCUT2D eigenvalue weighted by Crippen LogP contribution is -2.30. The Balaban J connectivity index is 2.01. The molecular weight excluding hydrogens is 238 g/mol. The van der Waals surface area contributed by atoms with E-state index in [9.17, 15) is 4.79 Å². The zero-order valence-corrected chi connectivity index (χ0v) is 10.3. The van der Waals surface area contributed by atoms with Crippen LogP contribution < -0.4 is 11.1 Å². The molecule has 1 heterocycles. The fourth-order valence-corrected chi connectivity index (χ4v) is 2.52. The van der Waals surface area contributed by atoms with Crippen LogP contribution in [0.15, 0.2) is 18.2 Å². The summed E-state index contributed by atoms with van der Waals surface area (Å²) in [6.07, 6.45) is 3.02. The van der Waals surface area contributed by atoms with Crippen LogP contribution in [-0.2, 0) is 4.79 Å². The minimum absolute atomic E-state index is 0.00715. The highest BCUT2D eigenvalue weighted by atomic mass is 35.5. The second kappa shape index (κ2) is 5.47. The van der Waals surface area contributed by atoms with Crippen LogP contribution in [0.2, 0.25) is 5.15 Å². The number of aromatic nitrogens is 1. The molecule has 0 aliphatic heterocycles. The molecule has 0 radical (unpaired) electrons. The monoisotopic (exact) mass is 253 g/mol. The van der Waals surface area contributed by atoms with Crippen LogP contribution >= 0.6 is 11.6 Å². The molecule has 1 aromatic rings. The molecule has 5 heteroatoms. The fourth-order valence-electron chi connectivity index (χ4n) is 2.36. The summed E-state index contributed by atoms with van der Waals surface area (Å²) in [6.45, 7) is 0.570. The lowest BCUT2D eigenvalue weighted by molar-refractivity contribution is -0.120. The first kappa shape index (κ1) is 12.3. The van der Waals surface area contributed by atoms with Crippen molar-refractivity contribution >= 4 is 23.3 Å². The molecule has 4 nitrogen and oxygen atoms in total. The third-order valence-electron chi connectivity index (χ3n) is 3.26. The number of anilines is 1. The summed E-state index contributed by atoms with van der Waals surface area (Å²) >= 11 is 5.76. The topological polar surface area (TPSA) is 68.0 Å². The summed E-state index contributed by atoms with van der Waals surface area (Å²) in [6, 6.07) is 5.17. The van der Waals surface area contributed by atoms with Crippen molar-refractivity contribution in [3.63, 3.8) is 0 Å². The Bertz CT molecular complexity index is 410. The van der Waals surface area contributed by atoms with Gasteiger partial charge >= 0.3 is 0 Å². The van der Waals surface area contributed by atoms with Crippen LogP contribution in [-0.4, -0.2) is 17.4 Å². The number of nitrogens with zero attached hydrogens (tertiary/aromatic N) is 1. The zero-order valence-electron chi connectivity index (χ0n) is 9.53. The van der Waals surface area contributed by atoms with Gasteiger partial charge in [-0.2, -0.15) is 0 Å². The van der Waals surface area contributed by atoms with Gasteiger partial charge in [-0.15, -0.1) is 0 Å². The first-order chi connectivity index (χ1) is 8.20. The summed E-state index contributed by atoms with van der Waals surface area (Å²) < 4.78 is 0. The van der Waals surface area contributed by atoms with Crippen LogP contribution in [0.5, 0.6) is 0 Å². The van der Waals surface area contributed by atoms with Crippen LogP contribution in [0.25, 0.3) is 0 Å². The number of amides is 1. The van der Waals surface area contributed by atoms with Crippen molar-refractivity contribution in [1.82, 2.24) is 4.98 Å². The smallest absolute Gasteiger partial charge is 0.228 e. The Morgan fingerprint density at radius 3 is 3.06 bits per heavy atom.